The highest BCUT2D eigenvalue weighted by molar-refractivity contribution is 6.07. The average Bonchev–Trinajstić information content (AvgIpc) is 2.81. The second kappa shape index (κ2) is 11.1. The monoisotopic (exact) mass is 566 g/mol. The van der Waals surface area contributed by atoms with E-state index >= 15 is 0 Å². The molecule has 0 unspecified atom stereocenters. The summed E-state index contributed by atoms with van der Waals surface area (Å²) in [6.07, 6.45) is 0.677. The molecular formula is C31H42N4O6. The summed E-state index contributed by atoms with van der Waals surface area (Å²) in [6, 6.07) is 5.33. The van der Waals surface area contributed by atoms with Crippen LogP contribution in [-0.2, 0) is 5.41 Å². The molecule has 41 heavy (non-hydrogen) atoms. The molecule has 222 valence electrons. The van der Waals surface area contributed by atoms with Crippen LogP contribution in [0.25, 0.3) is 21.9 Å². The van der Waals surface area contributed by atoms with E-state index in [1.807, 2.05) is 48.5 Å². The molecule has 2 aromatic carbocycles. The van der Waals surface area contributed by atoms with Crippen molar-refractivity contribution in [3.63, 3.8) is 0 Å². The van der Waals surface area contributed by atoms with E-state index in [1.54, 1.807) is 11.0 Å². The average molecular weight is 567 g/mol. The molecule has 10 nitrogen and oxygen atoms in total. The lowest BCUT2D eigenvalue weighted by molar-refractivity contribution is -0.383. The Hall–Kier alpha value is -3.95. The van der Waals surface area contributed by atoms with E-state index in [0.717, 1.165) is 0 Å². The van der Waals surface area contributed by atoms with Gasteiger partial charge in [0.15, 0.2) is 5.58 Å². The summed E-state index contributed by atoms with van der Waals surface area (Å²) >= 11 is 0. The van der Waals surface area contributed by atoms with E-state index < -0.39 is 27.3 Å². The number of urea groups is 1. The first kappa shape index (κ1) is 31.6. The molecule has 1 heterocycles. The second-order valence-corrected chi connectivity index (χ2v) is 13.4. The maximum atomic E-state index is 13.9. The Balaban J connectivity index is 2.32. The number of carbonyl (C=O) groups is 2. The molecule has 0 saturated heterocycles. The summed E-state index contributed by atoms with van der Waals surface area (Å²) in [7, 11) is 0. The molecule has 0 saturated carbocycles. The van der Waals surface area contributed by atoms with Crippen LogP contribution in [0.2, 0.25) is 0 Å². The number of hydrogen-bond donors (Lipinski definition) is 2. The Bertz CT molecular complexity index is 1570. The molecule has 0 radical (unpaired) electrons. The lowest BCUT2D eigenvalue weighted by Crippen LogP contribution is -2.47. The molecule has 0 aliphatic rings. The largest absolute Gasteiger partial charge is 0.446 e. The Kier molecular flexibility index (Phi) is 8.58. The number of anilines is 1. The lowest BCUT2D eigenvalue weighted by atomic mass is 9.82. The molecular weight excluding hydrogens is 524 g/mol. The van der Waals surface area contributed by atoms with Crippen molar-refractivity contribution in [3.8, 4) is 0 Å². The molecule has 0 aliphatic carbocycles. The first-order valence-corrected chi connectivity index (χ1v) is 13.9. The SMILES string of the molecule is CCN(CC)C(=O)c1cc(NC(=O)NC(C)(C)CC(C)(C)C)c2oc3c([N+](=O)[O-])cc(C(C)(C)C)cc3c(=O)c2c1. The van der Waals surface area contributed by atoms with Crippen molar-refractivity contribution in [2.75, 3.05) is 18.4 Å². The van der Waals surface area contributed by atoms with Gasteiger partial charge in [0.1, 0.15) is 0 Å². The molecule has 0 atom stereocenters. The predicted molar refractivity (Wildman–Crippen MR) is 163 cm³/mol. The minimum absolute atomic E-state index is 0.0331. The Morgan fingerprint density at radius 2 is 1.51 bits per heavy atom. The number of rotatable bonds is 7. The summed E-state index contributed by atoms with van der Waals surface area (Å²) < 4.78 is 6.07. The van der Waals surface area contributed by atoms with E-state index in [4.69, 9.17) is 4.42 Å². The third kappa shape index (κ3) is 7.04. The molecule has 3 rings (SSSR count). The number of nitrogens with zero attached hydrogens (tertiary/aromatic N) is 2. The lowest BCUT2D eigenvalue weighted by Gasteiger charge is -2.33. The van der Waals surface area contributed by atoms with Gasteiger partial charge < -0.3 is 20.0 Å². The molecule has 10 heteroatoms. The molecule has 3 amide bonds. The first-order valence-electron chi connectivity index (χ1n) is 13.9. The van der Waals surface area contributed by atoms with Gasteiger partial charge >= 0.3 is 11.7 Å². The van der Waals surface area contributed by atoms with Crippen LogP contribution in [0.5, 0.6) is 0 Å². The van der Waals surface area contributed by atoms with Crippen molar-refractivity contribution in [2.45, 2.75) is 86.6 Å². The number of carbonyl (C=O) groups excluding carboxylic acids is 2. The maximum absolute atomic E-state index is 13.9. The van der Waals surface area contributed by atoms with Crippen molar-refractivity contribution < 1.29 is 18.9 Å². The highest BCUT2D eigenvalue weighted by Crippen LogP contribution is 2.36. The van der Waals surface area contributed by atoms with Crippen molar-refractivity contribution in [1.82, 2.24) is 10.2 Å². The van der Waals surface area contributed by atoms with Gasteiger partial charge in [-0.2, -0.15) is 0 Å². The van der Waals surface area contributed by atoms with E-state index in [0.29, 0.717) is 25.1 Å². The van der Waals surface area contributed by atoms with Crippen LogP contribution in [0.15, 0.2) is 33.5 Å². The van der Waals surface area contributed by atoms with E-state index in [1.165, 1.54) is 18.2 Å². The van der Waals surface area contributed by atoms with Crippen LogP contribution in [0, 0.1) is 15.5 Å². The smallest absolute Gasteiger partial charge is 0.319 e. The number of amides is 3. The normalized spacial score (nSPS) is 12.4. The van der Waals surface area contributed by atoms with Crippen molar-refractivity contribution >= 4 is 45.3 Å². The zero-order chi connectivity index (χ0) is 31.1. The van der Waals surface area contributed by atoms with Gasteiger partial charge in [-0.15, -0.1) is 0 Å². The minimum Gasteiger partial charge on any atom is -0.446 e. The standard InChI is InChI=1S/C31H42N4O6/c1-11-34(12-2)27(37)18-13-20-24(36)21-15-19(30(6,7)8)16-23(35(39)40)26(21)41-25(20)22(14-18)32-28(38)33-31(9,10)17-29(3,4)5/h13-16H,11-12,17H2,1-10H3,(H2,32,33,38). The molecule has 1 aromatic heterocycles. The number of nitro groups is 1. The van der Waals surface area contributed by atoms with Crippen LogP contribution < -0.4 is 16.1 Å². The number of hydrogen-bond acceptors (Lipinski definition) is 6. The van der Waals surface area contributed by atoms with Crippen molar-refractivity contribution in [1.29, 1.82) is 0 Å². The zero-order valence-corrected chi connectivity index (χ0v) is 25.8. The molecule has 0 fully saturated rings. The maximum Gasteiger partial charge on any atom is 0.319 e. The van der Waals surface area contributed by atoms with E-state index in [9.17, 15) is 24.5 Å². The highest BCUT2D eigenvalue weighted by Gasteiger charge is 2.29. The summed E-state index contributed by atoms with van der Waals surface area (Å²) in [6.45, 7) is 20.3. The number of nitrogens with one attached hydrogen (secondary N) is 2. The number of fused-ring (bicyclic) bond motifs is 2. The molecule has 3 aromatic rings. The zero-order valence-electron chi connectivity index (χ0n) is 25.8. The topological polar surface area (TPSA) is 135 Å². The van der Waals surface area contributed by atoms with Crippen molar-refractivity contribution in [2.24, 2.45) is 5.41 Å². The second-order valence-electron chi connectivity index (χ2n) is 13.4. The first-order chi connectivity index (χ1) is 18.8. The van der Waals surface area contributed by atoms with Gasteiger partial charge in [-0.1, -0.05) is 41.5 Å². The van der Waals surface area contributed by atoms with E-state index in [-0.39, 0.29) is 50.2 Å². The van der Waals surface area contributed by atoms with Gasteiger partial charge in [-0.3, -0.25) is 19.7 Å². The number of non-ortho nitro benzene ring substituents is 1. The summed E-state index contributed by atoms with van der Waals surface area (Å²) in [4.78, 5) is 53.6. The quantitative estimate of drug-likeness (QED) is 0.180. The fourth-order valence-electron chi connectivity index (χ4n) is 5.35. The van der Waals surface area contributed by atoms with Gasteiger partial charge in [0.2, 0.25) is 11.0 Å². The van der Waals surface area contributed by atoms with Gasteiger partial charge in [0.25, 0.3) is 5.91 Å². The molecule has 2 N–H and O–H groups in total. The van der Waals surface area contributed by atoms with Gasteiger partial charge in [0, 0.05) is 30.3 Å². The van der Waals surface area contributed by atoms with Crippen LogP contribution >= 0.6 is 0 Å². The fourth-order valence-corrected chi connectivity index (χ4v) is 5.35. The number of nitro benzene ring substituents is 1. The Morgan fingerprint density at radius 3 is 2.02 bits per heavy atom. The summed E-state index contributed by atoms with van der Waals surface area (Å²) in [5, 5.41) is 17.8. The Labute approximate surface area is 240 Å². The number of benzene rings is 2. The van der Waals surface area contributed by atoms with Crippen LogP contribution in [0.1, 0.15) is 91.6 Å². The van der Waals surface area contributed by atoms with Crippen LogP contribution in [0.3, 0.4) is 0 Å². The Morgan fingerprint density at radius 1 is 0.927 bits per heavy atom. The molecule has 0 aliphatic heterocycles. The third-order valence-corrected chi connectivity index (χ3v) is 6.88. The molecule has 0 spiro atoms. The third-order valence-electron chi connectivity index (χ3n) is 6.88. The minimum atomic E-state index is -0.584. The van der Waals surface area contributed by atoms with Crippen LogP contribution in [-0.4, -0.2) is 40.4 Å². The van der Waals surface area contributed by atoms with E-state index in [2.05, 4.69) is 31.4 Å². The van der Waals surface area contributed by atoms with Gasteiger partial charge in [-0.05, 0) is 68.7 Å². The highest BCUT2D eigenvalue weighted by atomic mass is 16.6. The predicted octanol–water partition coefficient (Wildman–Crippen LogP) is 6.97. The fraction of sp³-hybridized carbons (Fsp3) is 0.516. The van der Waals surface area contributed by atoms with Gasteiger partial charge in [0.05, 0.1) is 21.4 Å². The summed E-state index contributed by atoms with van der Waals surface area (Å²) in [5.41, 5.74) is -1.39. The van der Waals surface area contributed by atoms with Crippen molar-refractivity contribution in [3.05, 3.63) is 55.7 Å². The molecule has 0 bridgehead atoms. The van der Waals surface area contributed by atoms with Crippen LogP contribution in [0.4, 0.5) is 16.2 Å². The summed E-state index contributed by atoms with van der Waals surface area (Å²) in [5.74, 6) is -0.317. The van der Waals surface area contributed by atoms with Gasteiger partial charge in [-0.25, -0.2) is 4.79 Å².